The molecule has 1 N–H and O–H groups in total. The Morgan fingerprint density at radius 1 is 1.23 bits per heavy atom. The van der Waals surface area contributed by atoms with Crippen LogP contribution in [0.4, 0.5) is 5.82 Å². The van der Waals surface area contributed by atoms with Crippen molar-refractivity contribution in [2.75, 3.05) is 12.4 Å². The zero-order valence-electron chi connectivity index (χ0n) is 16.5. The van der Waals surface area contributed by atoms with Crippen LogP contribution in [0.1, 0.15) is 21.5 Å². The largest absolute Gasteiger partial charge is 0.494 e. The van der Waals surface area contributed by atoms with E-state index in [0.717, 1.165) is 10.9 Å². The molecule has 0 bridgehead atoms. The van der Waals surface area contributed by atoms with Crippen LogP contribution < -0.4 is 10.1 Å². The SMILES string of the molecule is COc1cccc2c(C)cc(-n3ncc(C#N)c3NC(=O)c3cc(Cl)ccc3Cl)nc12. The standard InChI is InChI=1S/C22H15Cl2N5O2/c1-12-8-19(27-20-15(12)4-3-5-18(20)31-2)29-21(13(10-25)11-26-29)28-22(30)16-9-14(23)6-7-17(16)24/h3-9,11H,1-2H3,(H,28,30). The van der Waals surface area contributed by atoms with Crippen molar-refractivity contribution in [2.45, 2.75) is 6.92 Å². The van der Waals surface area contributed by atoms with Crippen LogP contribution in [0, 0.1) is 18.3 Å². The van der Waals surface area contributed by atoms with E-state index in [2.05, 4.69) is 15.4 Å². The van der Waals surface area contributed by atoms with Crippen molar-refractivity contribution < 1.29 is 9.53 Å². The molecule has 4 aromatic rings. The fourth-order valence-electron chi connectivity index (χ4n) is 3.22. The van der Waals surface area contributed by atoms with Crippen molar-refractivity contribution in [3.05, 3.63) is 75.4 Å². The lowest BCUT2D eigenvalue weighted by atomic mass is 10.1. The number of hydrogen-bond acceptors (Lipinski definition) is 5. The molecule has 0 saturated heterocycles. The van der Waals surface area contributed by atoms with Gasteiger partial charge >= 0.3 is 0 Å². The second-order valence-electron chi connectivity index (χ2n) is 6.66. The van der Waals surface area contributed by atoms with Gasteiger partial charge in [-0.2, -0.15) is 15.0 Å². The van der Waals surface area contributed by atoms with Crippen molar-refractivity contribution in [1.29, 1.82) is 5.26 Å². The van der Waals surface area contributed by atoms with E-state index < -0.39 is 5.91 Å². The molecule has 0 aliphatic rings. The number of pyridine rings is 1. The van der Waals surface area contributed by atoms with E-state index in [0.29, 0.717) is 22.1 Å². The first-order chi connectivity index (χ1) is 14.9. The fourth-order valence-corrected chi connectivity index (χ4v) is 3.59. The van der Waals surface area contributed by atoms with Gasteiger partial charge in [0.2, 0.25) is 0 Å². The molecule has 9 heteroatoms. The van der Waals surface area contributed by atoms with Gasteiger partial charge in [0.25, 0.3) is 5.91 Å². The van der Waals surface area contributed by atoms with Gasteiger partial charge in [0.15, 0.2) is 11.6 Å². The number of carbonyl (C=O) groups excluding carboxylic acids is 1. The quantitative estimate of drug-likeness (QED) is 0.461. The Morgan fingerprint density at radius 2 is 2.03 bits per heavy atom. The number of benzene rings is 2. The molecule has 2 aromatic carbocycles. The van der Waals surface area contributed by atoms with Crippen LogP contribution in [0.3, 0.4) is 0 Å². The number of para-hydroxylation sites is 1. The summed E-state index contributed by atoms with van der Waals surface area (Å²) in [4.78, 5) is 17.5. The first-order valence-corrected chi connectivity index (χ1v) is 9.87. The molecule has 2 heterocycles. The number of halogens is 2. The van der Waals surface area contributed by atoms with Crippen LogP contribution in [0.5, 0.6) is 5.75 Å². The lowest BCUT2D eigenvalue weighted by Crippen LogP contribution is -2.17. The molecule has 1 amide bonds. The van der Waals surface area contributed by atoms with Crippen molar-refractivity contribution >= 4 is 45.8 Å². The number of ether oxygens (including phenoxy) is 1. The first kappa shape index (κ1) is 20.7. The molecule has 0 aliphatic carbocycles. The van der Waals surface area contributed by atoms with E-state index in [4.69, 9.17) is 27.9 Å². The number of carbonyl (C=O) groups is 1. The van der Waals surface area contributed by atoms with Crippen LogP contribution in [0.2, 0.25) is 10.0 Å². The molecule has 0 radical (unpaired) electrons. The molecule has 0 aliphatic heterocycles. The number of hydrogen-bond donors (Lipinski definition) is 1. The van der Waals surface area contributed by atoms with E-state index in [1.54, 1.807) is 13.2 Å². The minimum Gasteiger partial charge on any atom is -0.494 e. The van der Waals surface area contributed by atoms with Gasteiger partial charge in [0, 0.05) is 10.4 Å². The molecule has 154 valence electrons. The summed E-state index contributed by atoms with van der Waals surface area (Å²) in [6.07, 6.45) is 1.36. The number of nitrogens with zero attached hydrogens (tertiary/aromatic N) is 4. The summed E-state index contributed by atoms with van der Waals surface area (Å²) in [6, 6.07) is 14.1. The zero-order valence-corrected chi connectivity index (χ0v) is 18.0. The van der Waals surface area contributed by atoms with Crippen molar-refractivity contribution in [2.24, 2.45) is 0 Å². The maximum Gasteiger partial charge on any atom is 0.258 e. The van der Waals surface area contributed by atoms with Crippen molar-refractivity contribution in [3.63, 3.8) is 0 Å². The topological polar surface area (TPSA) is 92.8 Å². The average Bonchev–Trinajstić information content (AvgIpc) is 3.17. The predicted octanol–water partition coefficient (Wildman–Crippen LogP) is 5.17. The minimum atomic E-state index is -0.527. The van der Waals surface area contributed by atoms with E-state index in [1.165, 1.54) is 23.0 Å². The lowest BCUT2D eigenvalue weighted by molar-refractivity contribution is 0.102. The van der Waals surface area contributed by atoms with Gasteiger partial charge in [-0.05, 0) is 42.8 Å². The summed E-state index contributed by atoms with van der Waals surface area (Å²) >= 11 is 12.1. The zero-order chi connectivity index (χ0) is 22.1. The van der Waals surface area contributed by atoms with Gasteiger partial charge in [-0.25, -0.2) is 4.98 Å². The summed E-state index contributed by atoms with van der Waals surface area (Å²) in [5, 5.41) is 18.0. The average molecular weight is 452 g/mol. The predicted molar refractivity (Wildman–Crippen MR) is 119 cm³/mol. The van der Waals surface area contributed by atoms with Gasteiger partial charge in [-0.15, -0.1) is 0 Å². The van der Waals surface area contributed by atoms with E-state index in [-0.39, 0.29) is 22.0 Å². The summed E-state index contributed by atoms with van der Waals surface area (Å²) in [5.74, 6) is 0.667. The lowest BCUT2D eigenvalue weighted by Gasteiger charge is -2.13. The Morgan fingerprint density at radius 3 is 2.77 bits per heavy atom. The number of aromatic nitrogens is 3. The molecule has 7 nitrogen and oxygen atoms in total. The van der Waals surface area contributed by atoms with E-state index in [1.807, 2.05) is 37.3 Å². The highest BCUT2D eigenvalue weighted by atomic mass is 35.5. The van der Waals surface area contributed by atoms with E-state index in [9.17, 15) is 10.1 Å². The van der Waals surface area contributed by atoms with Gasteiger partial charge in [0.1, 0.15) is 22.9 Å². The number of amides is 1. The second-order valence-corrected chi connectivity index (χ2v) is 7.51. The Kier molecular flexibility index (Phi) is 5.51. The Bertz CT molecular complexity index is 1370. The number of methoxy groups -OCH3 is 1. The first-order valence-electron chi connectivity index (χ1n) is 9.12. The van der Waals surface area contributed by atoms with Gasteiger partial charge in [-0.3, -0.25) is 4.79 Å². The smallest absolute Gasteiger partial charge is 0.258 e. The molecular weight excluding hydrogens is 437 g/mol. The Balaban J connectivity index is 1.83. The number of nitriles is 1. The van der Waals surface area contributed by atoms with Gasteiger partial charge in [-0.1, -0.05) is 35.3 Å². The Hall–Kier alpha value is -3.60. The maximum atomic E-state index is 12.9. The van der Waals surface area contributed by atoms with Crippen LogP contribution in [0.15, 0.2) is 48.7 Å². The molecule has 0 saturated carbocycles. The van der Waals surface area contributed by atoms with Crippen molar-refractivity contribution in [1.82, 2.24) is 14.8 Å². The second kappa shape index (κ2) is 8.26. The Labute approximate surface area is 187 Å². The third-order valence-electron chi connectivity index (χ3n) is 4.73. The fraction of sp³-hybridized carbons (Fsp3) is 0.0909. The van der Waals surface area contributed by atoms with Crippen molar-refractivity contribution in [3.8, 4) is 17.6 Å². The van der Waals surface area contributed by atoms with Gasteiger partial charge < -0.3 is 10.1 Å². The highest BCUT2D eigenvalue weighted by Gasteiger charge is 2.20. The van der Waals surface area contributed by atoms with Crippen LogP contribution >= 0.6 is 23.2 Å². The van der Waals surface area contributed by atoms with E-state index >= 15 is 0 Å². The summed E-state index contributed by atoms with van der Waals surface area (Å²) in [5.41, 5.74) is 1.92. The normalized spacial score (nSPS) is 10.7. The number of fused-ring (bicyclic) bond motifs is 1. The highest BCUT2D eigenvalue weighted by molar-refractivity contribution is 6.36. The highest BCUT2D eigenvalue weighted by Crippen LogP contribution is 2.29. The number of nitrogens with one attached hydrogen (secondary N) is 1. The monoisotopic (exact) mass is 451 g/mol. The van der Waals surface area contributed by atoms with Crippen LogP contribution in [0.25, 0.3) is 16.7 Å². The van der Waals surface area contributed by atoms with Gasteiger partial charge in [0.05, 0.1) is 23.9 Å². The number of rotatable bonds is 4. The number of aryl methyl sites for hydroxylation is 1. The molecule has 2 aromatic heterocycles. The molecule has 0 spiro atoms. The third-order valence-corrected chi connectivity index (χ3v) is 5.29. The summed E-state index contributed by atoms with van der Waals surface area (Å²) in [7, 11) is 1.57. The molecule has 4 rings (SSSR count). The summed E-state index contributed by atoms with van der Waals surface area (Å²) in [6.45, 7) is 1.94. The minimum absolute atomic E-state index is 0.171. The third kappa shape index (κ3) is 3.79. The molecule has 0 unspecified atom stereocenters. The summed E-state index contributed by atoms with van der Waals surface area (Å²) < 4.78 is 6.83. The molecule has 0 fully saturated rings. The number of anilines is 1. The van der Waals surface area contributed by atoms with Crippen LogP contribution in [-0.2, 0) is 0 Å². The van der Waals surface area contributed by atoms with Crippen LogP contribution in [-0.4, -0.2) is 27.8 Å². The molecule has 0 atom stereocenters. The maximum absolute atomic E-state index is 12.9. The molecule has 31 heavy (non-hydrogen) atoms. The molecular formula is C22H15Cl2N5O2.